The average Bonchev–Trinajstić information content (AvgIpc) is 2.61. The second-order valence-corrected chi connectivity index (χ2v) is 5.75. The minimum Gasteiger partial charge on any atom is -0.385 e. The summed E-state index contributed by atoms with van der Waals surface area (Å²) in [4.78, 5) is 7.10. The van der Waals surface area contributed by atoms with E-state index in [1.807, 2.05) is 0 Å². The molecule has 0 heterocycles. The van der Waals surface area contributed by atoms with Crippen molar-refractivity contribution in [3.63, 3.8) is 0 Å². The zero-order valence-electron chi connectivity index (χ0n) is 15.8. The molecular formula is C19H34N4O. The summed E-state index contributed by atoms with van der Waals surface area (Å²) in [6.45, 7) is 12.8. The predicted molar refractivity (Wildman–Crippen MR) is 102 cm³/mol. The van der Waals surface area contributed by atoms with Crippen molar-refractivity contribution in [2.24, 2.45) is 4.99 Å². The Bertz CT molecular complexity index is 472. The van der Waals surface area contributed by atoms with Crippen molar-refractivity contribution in [3.05, 3.63) is 35.4 Å². The Morgan fingerprint density at radius 1 is 1.12 bits per heavy atom. The van der Waals surface area contributed by atoms with Crippen LogP contribution in [0.4, 0.5) is 0 Å². The highest BCUT2D eigenvalue weighted by Crippen LogP contribution is 2.09. The van der Waals surface area contributed by atoms with Crippen molar-refractivity contribution < 1.29 is 4.74 Å². The molecule has 5 heteroatoms. The molecule has 0 saturated heterocycles. The number of hydrogen-bond donors (Lipinski definition) is 2. The lowest BCUT2D eigenvalue weighted by Crippen LogP contribution is -2.38. The van der Waals surface area contributed by atoms with Gasteiger partial charge in [0.1, 0.15) is 0 Å². The maximum Gasteiger partial charge on any atom is 0.191 e. The number of aliphatic imine (C=N–C) groups is 1. The topological polar surface area (TPSA) is 48.9 Å². The highest BCUT2D eigenvalue weighted by atomic mass is 16.5. The summed E-state index contributed by atoms with van der Waals surface area (Å²) in [5.41, 5.74) is 2.60. The number of rotatable bonds is 11. The van der Waals surface area contributed by atoms with Crippen LogP contribution in [-0.2, 0) is 17.8 Å². The molecule has 1 rings (SSSR count). The lowest BCUT2D eigenvalue weighted by atomic mass is 10.1. The quantitative estimate of drug-likeness (QED) is 0.371. The zero-order valence-corrected chi connectivity index (χ0v) is 15.8. The van der Waals surface area contributed by atoms with Crippen LogP contribution in [0.25, 0.3) is 0 Å². The van der Waals surface area contributed by atoms with E-state index < -0.39 is 0 Å². The van der Waals surface area contributed by atoms with E-state index in [9.17, 15) is 0 Å². The number of methoxy groups -OCH3 is 1. The molecule has 0 radical (unpaired) electrons. The van der Waals surface area contributed by atoms with Gasteiger partial charge in [0, 0.05) is 33.4 Å². The van der Waals surface area contributed by atoms with Gasteiger partial charge in [-0.1, -0.05) is 38.1 Å². The molecule has 0 spiro atoms. The first kappa shape index (κ1) is 20.5. The van der Waals surface area contributed by atoms with E-state index in [0.29, 0.717) is 6.54 Å². The lowest BCUT2D eigenvalue weighted by Gasteiger charge is -2.18. The van der Waals surface area contributed by atoms with E-state index >= 15 is 0 Å². The third kappa shape index (κ3) is 8.31. The number of ether oxygens (including phenoxy) is 1. The third-order valence-electron chi connectivity index (χ3n) is 3.87. The van der Waals surface area contributed by atoms with E-state index in [0.717, 1.165) is 51.7 Å². The van der Waals surface area contributed by atoms with Crippen LogP contribution in [0.2, 0.25) is 0 Å². The Morgan fingerprint density at radius 2 is 1.88 bits per heavy atom. The van der Waals surface area contributed by atoms with E-state index in [4.69, 9.17) is 4.74 Å². The molecule has 0 fully saturated rings. The smallest absolute Gasteiger partial charge is 0.191 e. The second kappa shape index (κ2) is 12.8. The van der Waals surface area contributed by atoms with Gasteiger partial charge in [0.25, 0.3) is 0 Å². The van der Waals surface area contributed by atoms with Crippen LogP contribution >= 0.6 is 0 Å². The molecule has 0 bridgehead atoms. The maximum absolute atomic E-state index is 5.07. The summed E-state index contributed by atoms with van der Waals surface area (Å²) in [6, 6.07) is 8.72. The van der Waals surface area contributed by atoms with E-state index in [1.165, 1.54) is 11.1 Å². The first-order chi connectivity index (χ1) is 11.7. The highest BCUT2D eigenvalue weighted by Gasteiger charge is 2.02. The molecule has 136 valence electrons. The number of benzene rings is 1. The van der Waals surface area contributed by atoms with Crippen LogP contribution in [0.3, 0.4) is 0 Å². The fraction of sp³-hybridized carbons (Fsp3) is 0.632. The average molecular weight is 335 g/mol. The molecule has 0 aromatic heterocycles. The van der Waals surface area contributed by atoms with Gasteiger partial charge in [-0.2, -0.15) is 0 Å². The summed E-state index contributed by atoms with van der Waals surface area (Å²) in [6.07, 6.45) is 0.972. The first-order valence-electron chi connectivity index (χ1n) is 9.04. The molecule has 0 aliphatic carbocycles. The summed E-state index contributed by atoms with van der Waals surface area (Å²) >= 11 is 0. The molecule has 2 N–H and O–H groups in total. The van der Waals surface area contributed by atoms with Gasteiger partial charge in [-0.3, -0.25) is 4.90 Å². The van der Waals surface area contributed by atoms with Crippen LogP contribution in [0, 0.1) is 0 Å². The normalized spacial score (nSPS) is 11.8. The molecule has 0 amide bonds. The molecule has 24 heavy (non-hydrogen) atoms. The van der Waals surface area contributed by atoms with Crippen molar-refractivity contribution in [2.45, 2.75) is 40.3 Å². The van der Waals surface area contributed by atoms with Crippen LogP contribution in [0.15, 0.2) is 29.3 Å². The number of nitrogens with zero attached hydrogens (tertiary/aromatic N) is 2. The van der Waals surface area contributed by atoms with Crippen molar-refractivity contribution in [3.8, 4) is 0 Å². The van der Waals surface area contributed by atoms with E-state index in [2.05, 4.69) is 65.6 Å². The summed E-state index contributed by atoms with van der Waals surface area (Å²) in [7, 11) is 1.73. The molecule has 0 saturated carbocycles. The molecule has 1 aromatic carbocycles. The zero-order chi connectivity index (χ0) is 17.6. The Hall–Kier alpha value is -1.59. The van der Waals surface area contributed by atoms with Gasteiger partial charge in [-0.15, -0.1) is 0 Å². The van der Waals surface area contributed by atoms with Gasteiger partial charge in [-0.05, 0) is 37.6 Å². The van der Waals surface area contributed by atoms with Gasteiger partial charge in [0.05, 0.1) is 6.54 Å². The minimum atomic E-state index is 0.686. The SMILES string of the molecule is CCNC(=NCc1cccc(CN(CC)CC)c1)NCCCOC. The predicted octanol–water partition coefficient (Wildman–Crippen LogP) is 2.62. The van der Waals surface area contributed by atoms with E-state index in [1.54, 1.807) is 7.11 Å². The first-order valence-corrected chi connectivity index (χ1v) is 9.04. The molecule has 1 aromatic rings. The molecule has 0 aliphatic rings. The Kier molecular flexibility index (Phi) is 10.9. The van der Waals surface area contributed by atoms with Gasteiger partial charge in [-0.25, -0.2) is 4.99 Å². The number of guanidine groups is 1. The number of hydrogen-bond acceptors (Lipinski definition) is 3. The molecular weight excluding hydrogens is 300 g/mol. The monoisotopic (exact) mass is 334 g/mol. The summed E-state index contributed by atoms with van der Waals surface area (Å²) in [5.74, 6) is 0.864. The van der Waals surface area contributed by atoms with Crippen LogP contribution in [0.1, 0.15) is 38.3 Å². The minimum absolute atomic E-state index is 0.686. The Balaban J connectivity index is 2.61. The molecule has 5 nitrogen and oxygen atoms in total. The van der Waals surface area contributed by atoms with Gasteiger partial charge < -0.3 is 15.4 Å². The van der Waals surface area contributed by atoms with Crippen molar-refractivity contribution in [2.75, 3.05) is 39.9 Å². The van der Waals surface area contributed by atoms with Gasteiger partial charge >= 0.3 is 0 Å². The Morgan fingerprint density at radius 3 is 2.54 bits per heavy atom. The standard InChI is InChI=1S/C19H34N4O/c1-5-20-19(21-12-9-13-24-4)22-15-17-10-8-11-18(14-17)16-23(6-2)7-3/h8,10-11,14H,5-7,9,12-13,15-16H2,1-4H3,(H2,20,21,22). The van der Waals surface area contributed by atoms with Gasteiger partial charge in [0.15, 0.2) is 5.96 Å². The van der Waals surface area contributed by atoms with Crippen LogP contribution < -0.4 is 10.6 Å². The lowest BCUT2D eigenvalue weighted by molar-refractivity contribution is 0.195. The fourth-order valence-electron chi connectivity index (χ4n) is 2.47. The highest BCUT2D eigenvalue weighted by molar-refractivity contribution is 5.79. The Labute approximate surface area is 147 Å². The van der Waals surface area contributed by atoms with Crippen molar-refractivity contribution in [1.29, 1.82) is 0 Å². The van der Waals surface area contributed by atoms with Crippen molar-refractivity contribution in [1.82, 2.24) is 15.5 Å². The van der Waals surface area contributed by atoms with Crippen LogP contribution in [0.5, 0.6) is 0 Å². The molecule has 0 atom stereocenters. The second-order valence-electron chi connectivity index (χ2n) is 5.75. The van der Waals surface area contributed by atoms with E-state index in [-0.39, 0.29) is 0 Å². The van der Waals surface area contributed by atoms with Crippen LogP contribution in [-0.4, -0.2) is 50.8 Å². The molecule has 0 aliphatic heterocycles. The largest absolute Gasteiger partial charge is 0.385 e. The maximum atomic E-state index is 5.07. The van der Waals surface area contributed by atoms with Crippen molar-refractivity contribution >= 4 is 5.96 Å². The third-order valence-corrected chi connectivity index (χ3v) is 3.87. The van der Waals surface area contributed by atoms with Gasteiger partial charge in [0.2, 0.25) is 0 Å². The summed E-state index contributed by atoms with van der Waals surface area (Å²) < 4.78 is 5.07. The fourth-order valence-corrected chi connectivity index (χ4v) is 2.47. The number of nitrogens with one attached hydrogen (secondary N) is 2. The summed E-state index contributed by atoms with van der Waals surface area (Å²) in [5, 5.41) is 6.63. The molecule has 0 unspecified atom stereocenters.